The molecule has 2 aromatic rings. The molecule has 6 nitrogen and oxygen atoms in total. The van der Waals surface area contributed by atoms with Crippen molar-refractivity contribution in [2.75, 3.05) is 11.9 Å². The van der Waals surface area contributed by atoms with Crippen LogP contribution in [0.15, 0.2) is 28.9 Å². The van der Waals surface area contributed by atoms with E-state index in [-0.39, 0.29) is 29.8 Å². The molecule has 1 amide bonds. The third kappa shape index (κ3) is 4.61. The third-order valence-electron chi connectivity index (χ3n) is 6.01. The summed E-state index contributed by atoms with van der Waals surface area (Å²) in [7, 11) is 0. The number of rotatable bonds is 5. The fourth-order valence-corrected chi connectivity index (χ4v) is 4.74. The van der Waals surface area contributed by atoms with Crippen molar-refractivity contribution in [1.29, 1.82) is 0 Å². The molecule has 4 rings (SSSR count). The zero-order valence-electron chi connectivity index (χ0n) is 16.6. The topological polar surface area (TPSA) is 83.1 Å². The number of nitrogens with one attached hydrogen (secondary N) is 3. The smallest absolute Gasteiger partial charge is 0.237 e. The molecule has 2 fully saturated rings. The van der Waals surface area contributed by atoms with Crippen molar-refractivity contribution in [3.63, 3.8) is 0 Å². The number of nitrogens with zero attached hydrogens (tertiary/aromatic N) is 1. The molecule has 1 aromatic carbocycles. The number of ketones is 1. The van der Waals surface area contributed by atoms with Gasteiger partial charge in [-0.2, -0.15) is 0 Å². The lowest BCUT2D eigenvalue weighted by Gasteiger charge is -2.31. The molecule has 7 heteroatoms. The van der Waals surface area contributed by atoms with E-state index in [2.05, 4.69) is 36.9 Å². The van der Waals surface area contributed by atoms with Crippen molar-refractivity contribution in [2.45, 2.75) is 63.6 Å². The van der Waals surface area contributed by atoms with Gasteiger partial charge in [-0.3, -0.25) is 14.6 Å². The van der Waals surface area contributed by atoms with E-state index in [1.807, 2.05) is 18.2 Å². The van der Waals surface area contributed by atoms with E-state index in [9.17, 15) is 9.59 Å². The first kappa shape index (κ1) is 20.3. The van der Waals surface area contributed by atoms with Crippen molar-refractivity contribution in [3.8, 4) is 0 Å². The van der Waals surface area contributed by atoms with Gasteiger partial charge in [-0.05, 0) is 70.2 Å². The van der Waals surface area contributed by atoms with E-state index >= 15 is 0 Å². The Balaban J connectivity index is 1.44. The van der Waals surface area contributed by atoms with Crippen LogP contribution >= 0.6 is 15.9 Å². The number of anilines is 1. The SMILES string of the molecule is CC(=O)c1cnc2ccc(Br)cc2c1NC1CCC(NC(=O)[C@@H]2CCCN2)CC1. The molecule has 0 unspecified atom stereocenters. The largest absolute Gasteiger partial charge is 0.381 e. The Hall–Kier alpha value is -1.99. The van der Waals surface area contributed by atoms with Gasteiger partial charge >= 0.3 is 0 Å². The van der Waals surface area contributed by atoms with Crippen LogP contribution in [-0.4, -0.2) is 41.3 Å². The fourth-order valence-electron chi connectivity index (χ4n) is 4.38. The van der Waals surface area contributed by atoms with Gasteiger partial charge in [0.2, 0.25) is 5.91 Å². The summed E-state index contributed by atoms with van der Waals surface area (Å²) in [6.07, 6.45) is 7.47. The van der Waals surface area contributed by atoms with Gasteiger partial charge in [0.1, 0.15) is 0 Å². The maximum atomic E-state index is 12.3. The van der Waals surface area contributed by atoms with E-state index in [1.54, 1.807) is 13.1 Å². The minimum absolute atomic E-state index is 0.00638. The van der Waals surface area contributed by atoms with Crippen LogP contribution in [0, 0.1) is 0 Å². The number of benzene rings is 1. The van der Waals surface area contributed by atoms with Crippen LogP contribution in [0.25, 0.3) is 10.9 Å². The zero-order chi connectivity index (χ0) is 20.4. The second kappa shape index (κ2) is 8.79. The number of carbonyl (C=O) groups is 2. The lowest BCUT2D eigenvalue weighted by Crippen LogP contribution is -2.47. The van der Waals surface area contributed by atoms with Crippen LogP contribution < -0.4 is 16.0 Å². The number of carbonyl (C=O) groups excluding carboxylic acids is 2. The summed E-state index contributed by atoms with van der Waals surface area (Å²) in [6, 6.07) is 6.41. The van der Waals surface area contributed by atoms with Gasteiger partial charge in [0.15, 0.2) is 5.78 Å². The number of hydrogen-bond donors (Lipinski definition) is 3. The molecule has 1 aromatic heterocycles. The number of aromatic nitrogens is 1. The van der Waals surface area contributed by atoms with Crippen LogP contribution in [0.5, 0.6) is 0 Å². The van der Waals surface area contributed by atoms with E-state index in [1.165, 1.54) is 0 Å². The summed E-state index contributed by atoms with van der Waals surface area (Å²) < 4.78 is 0.961. The highest BCUT2D eigenvalue weighted by Gasteiger charge is 2.27. The minimum Gasteiger partial charge on any atom is -0.381 e. The first-order valence-electron chi connectivity index (χ1n) is 10.4. The van der Waals surface area contributed by atoms with Crippen LogP contribution in [0.4, 0.5) is 5.69 Å². The maximum absolute atomic E-state index is 12.3. The Morgan fingerprint density at radius 1 is 1.14 bits per heavy atom. The van der Waals surface area contributed by atoms with E-state index in [0.29, 0.717) is 5.56 Å². The van der Waals surface area contributed by atoms with Crippen LogP contribution in [0.2, 0.25) is 0 Å². The lowest BCUT2D eigenvalue weighted by atomic mass is 9.90. The molecule has 154 valence electrons. The summed E-state index contributed by atoms with van der Waals surface area (Å²) >= 11 is 3.53. The molecular formula is C22H27BrN4O2. The average molecular weight is 459 g/mol. The number of pyridine rings is 1. The van der Waals surface area contributed by atoms with Gasteiger partial charge < -0.3 is 16.0 Å². The number of amides is 1. The first-order valence-corrected chi connectivity index (χ1v) is 11.2. The molecule has 1 saturated carbocycles. The Morgan fingerprint density at radius 3 is 2.59 bits per heavy atom. The van der Waals surface area contributed by atoms with Crippen molar-refractivity contribution in [3.05, 3.63) is 34.4 Å². The highest BCUT2D eigenvalue weighted by Crippen LogP contribution is 2.32. The molecule has 2 aliphatic rings. The maximum Gasteiger partial charge on any atom is 0.237 e. The number of hydrogen-bond acceptors (Lipinski definition) is 5. The van der Waals surface area contributed by atoms with Gasteiger partial charge in [-0.25, -0.2) is 0 Å². The van der Waals surface area contributed by atoms with Crippen molar-refractivity contribution >= 4 is 44.2 Å². The quantitative estimate of drug-likeness (QED) is 0.593. The molecule has 1 atom stereocenters. The first-order chi connectivity index (χ1) is 14.0. The Kier molecular flexibility index (Phi) is 6.15. The normalized spacial score (nSPS) is 24.4. The summed E-state index contributed by atoms with van der Waals surface area (Å²) in [5.74, 6) is 0.148. The van der Waals surface area contributed by atoms with E-state index in [4.69, 9.17) is 0 Å². The predicted octanol–water partition coefficient (Wildman–Crippen LogP) is 3.79. The number of Topliss-reactive ketones (excluding diaryl/α,β-unsaturated/α-hetero) is 1. The molecule has 29 heavy (non-hydrogen) atoms. The molecule has 0 radical (unpaired) electrons. The standard InChI is InChI=1S/C22H27BrN4O2/c1-13(28)18-12-25-19-9-4-14(23)11-17(19)21(18)26-15-5-7-16(8-6-15)27-22(29)20-3-2-10-24-20/h4,9,11-12,15-16,20,24H,2-3,5-8,10H2,1H3,(H,25,26)(H,27,29)/t15?,16?,20-/m0/s1. The van der Waals surface area contributed by atoms with E-state index < -0.39 is 0 Å². The second-order valence-electron chi connectivity index (χ2n) is 8.11. The van der Waals surface area contributed by atoms with Crippen molar-refractivity contribution in [2.24, 2.45) is 0 Å². The third-order valence-corrected chi connectivity index (χ3v) is 6.50. The van der Waals surface area contributed by atoms with Gasteiger partial charge in [-0.1, -0.05) is 15.9 Å². The minimum atomic E-state index is -0.0226. The van der Waals surface area contributed by atoms with Gasteiger partial charge in [-0.15, -0.1) is 0 Å². The van der Waals surface area contributed by atoms with Crippen LogP contribution in [0.1, 0.15) is 55.8 Å². The lowest BCUT2D eigenvalue weighted by molar-refractivity contribution is -0.123. The highest BCUT2D eigenvalue weighted by molar-refractivity contribution is 9.10. The summed E-state index contributed by atoms with van der Waals surface area (Å²) in [4.78, 5) is 29.0. The van der Waals surface area contributed by atoms with Crippen LogP contribution in [-0.2, 0) is 4.79 Å². The molecule has 1 saturated heterocycles. The van der Waals surface area contributed by atoms with Crippen molar-refractivity contribution < 1.29 is 9.59 Å². The van der Waals surface area contributed by atoms with Gasteiger partial charge in [0.05, 0.1) is 22.8 Å². The molecule has 0 bridgehead atoms. The van der Waals surface area contributed by atoms with Gasteiger partial charge in [0, 0.05) is 28.1 Å². The van der Waals surface area contributed by atoms with E-state index in [0.717, 1.165) is 66.1 Å². The Labute approximate surface area is 179 Å². The zero-order valence-corrected chi connectivity index (χ0v) is 18.2. The molecule has 1 aliphatic carbocycles. The average Bonchev–Trinajstić information content (AvgIpc) is 3.24. The van der Waals surface area contributed by atoms with Crippen LogP contribution in [0.3, 0.4) is 0 Å². The summed E-state index contributed by atoms with van der Waals surface area (Å²) in [5, 5.41) is 11.0. The molecule has 2 heterocycles. The molecule has 0 spiro atoms. The summed E-state index contributed by atoms with van der Waals surface area (Å²) in [6.45, 7) is 2.51. The molecule has 1 aliphatic heterocycles. The second-order valence-corrected chi connectivity index (χ2v) is 9.03. The Morgan fingerprint density at radius 2 is 1.90 bits per heavy atom. The Bertz CT molecular complexity index is 918. The van der Waals surface area contributed by atoms with Crippen molar-refractivity contribution in [1.82, 2.24) is 15.6 Å². The summed E-state index contributed by atoms with van der Waals surface area (Å²) in [5.41, 5.74) is 2.36. The fraction of sp³-hybridized carbons (Fsp3) is 0.500. The number of fused-ring (bicyclic) bond motifs is 1. The molecule has 3 N–H and O–H groups in total. The van der Waals surface area contributed by atoms with Gasteiger partial charge in [0.25, 0.3) is 0 Å². The predicted molar refractivity (Wildman–Crippen MR) is 118 cm³/mol. The number of halogens is 1. The monoisotopic (exact) mass is 458 g/mol. The highest BCUT2D eigenvalue weighted by atomic mass is 79.9. The molecular weight excluding hydrogens is 432 g/mol.